The van der Waals surface area contributed by atoms with Gasteiger partial charge in [-0.25, -0.2) is 23.2 Å². The summed E-state index contributed by atoms with van der Waals surface area (Å²) in [7, 11) is 0. The van der Waals surface area contributed by atoms with Gasteiger partial charge in [-0.15, -0.1) is 0 Å². The highest BCUT2D eigenvalue weighted by atomic mass is 19.1. The van der Waals surface area contributed by atoms with Crippen molar-refractivity contribution in [3.8, 4) is 0 Å². The fraction of sp³-hybridized carbons (Fsp3) is 0.273. The normalized spacial score (nSPS) is 22.4. The Balaban J connectivity index is 1.74. The van der Waals surface area contributed by atoms with Crippen molar-refractivity contribution in [2.75, 3.05) is 13.2 Å². The third-order valence-corrected chi connectivity index (χ3v) is 5.53. The molecular formula is C22H20F2N4O6. The largest absolute Gasteiger partial charge is 0.467 e. The SMILES string of the molecule is CCOC(=O)C1=C(CN2C(=O)NC(C)(c3cc(F)ccc3F)C2=O)NC(=O)NC1c1ccco1. The van der Waals surface area contributed by atoms with Gasteiger partial charge in [0.05, 0.1) is 30.7 Å². The molecule has 0 bridgehead atoms. The summed E-state index contributed by atoms with van der Waals surface area (Å²) in [5.74, 6) is -3.17. The van der Waals surface area contributed by atoms with Crippen LogP contribution in [0.5, 0.6) is 0 Å². The molecule has 178 valence electrons. The van der Waals surface area contributed by atoms with Crippen LogP contribution in [0.2, 0.25) is 0 Å². The molecule has 2 aliphatic rings. The Kier molecular flexibility index (Phi) is 5.82. The van der Waals surface area contributed by atoms with Crippen molar-refractivity contribution in [2.45, 2.75) is 25.4 Å². The zero-order valence-corrected chi connectivity index (χ0v) is 18.1. The maximum absolute atomic E-state index is 14.4. The first kappa shape index (κ1) is 23.0. The first-order valence-electron chi connectivity index (χ1n) is 10.3. The monoisotopic (exact) mass is 474 g/mol. The van der Waals surface area contributed by atoms with Crippen molar-refractivity contribution in [3.63, 3.8) is 0 Å². The quantitative estimate of drug-likeness (QED) is 0.435. The Morgan fingerprint density at radius 2 is 2.00 bits per heavy atom. The molecule has 2 unspecified atom stereocenters. The molecule has 5 amide bonds. The van der Waals surface area contributed by atoms with Gasteiger partial charge in [-0.2, -0.15) is 0 Å². The molecule has 2 aliphatic heterocycles. The number of ether oxygens (including phenoxy) is 1. The summed E-state index contributed by atoms with van der Waals surface area (Å²) in [6.45, 7) is 2.30. The van der Waals surface area contributed by atoms with E-state index in [9.17, 15) is 28.0 Å². The van der Waals surface area contributed by atoms with Crippen molar-refractivity contribution in [1.82, 2.24) is 20.9 Å². The van der Waals surface area contributed by atoms with Gasteiger partial charge in [-0.1, -0.05) is 0 Å². The van der Waals surface area contributed by atoms with Crippen LogP contribution in [0.3, 0.4) is 0 Å². The van der Waals surface area contributed by atoms with E-state index in [0.717, 1.165) is 18.2 Å². The maximum atomic E-state index is 14.4. The fourth-order valence-corrected chi connectivity index (χ4v) is 3.92. The first-order valence-corrected chi connectivity index (χ1v) is 10.3. The van der Waals surface area contributed by atoms with Crippen molar-refractivity contribution >= 4 is 23.9 Å². The van der Waals surface area contributed by atoms with Gasteiger partial charge in [0, 0.05) is 5.56 Å². The van der Waals surface area contributed by atoms with Crippen LogP contribution >= 0.6 is 0 Å². The number of hydrogen-bond acceptors (Lipinski definition) is 6. The molecule has 2 aromatic rings. The lowest BCUT2D eigenvalue weighted by Crippen LogP contribution is -2.49. The summed E-state index contributed by atoms with van der Waals surface area (Å²) in [5, 5.41) is 7.34. The highest BCUT2D eigenvalue weighted by Gasteiger charge is 2.51. The van der Waals surface area contributed by atoms with Gasteiger partial charge in [0.15, 0.2) is 0 Å². The van der Waals surface area contributed by atoms with Crippen LogP contribution in [0.15, 0.2) is 52.3 Å². The molecule has 0 aliphatic carbocycles. The standard InChI is InChI=1S/C22H20F2N4O6/c1-3-33-18(29)16-14(25-20(31)26-17(16)15-5-4-8-34-15)10-28-19(30)22(2,27-21(28)32)12-9-11(23)6-7-13(12)24/h4-9,17H,3,10H2,1-2H3,(H,27,32)(H2,25,26,31). The molecule has 0 saturated carbocycles. The highest BCUT2D eigenvalue weighted by Crippen LogP contribution is 2.33. The number of imide groups is 1. The van der Waals surface area contributed by atoms with Crippen molar-refractivity contribution in [1.29, 1.82) is 0 Å². The van der Waals surface area contributed by atoms with Gasteiger partial charge in [-0.05, 0) is 44.2 Å². The Labute approximate surface area is 191 Å². The lowest BCUT2D eigenvalue weighted by molar-refractivity contribution is -0.139. The van der Waals surface area contributed by atoms with Crippen molar-refractivity contribution in [2.24, 2.45) is 0 Å². The Morgan fingerprint density at radius 1 is 1.24 bits per heavy atom. The number of benzene rings is 1. The Bertz CT molecular complexity index is 1210. The van der Waals surface area contributed by atoms with Crippen LogP contribution in [0.25, 0.3) is 0 Å². The van der Waals surface area contributed by atoms with E-state index in [0.29, 0.717) is 4.90 Å². The summed E-state index contributed by atoms with van der Waals surface area (Å²) in [4.78, 5) is 51.8. The number of hydrogen-bond donors (Lipinski definition) is 3. The third-order valence-electron chi connectivity index (χ3n) is 5.53. The smallest absolute Gasteiger partial charge is 0.338 e. The molecule has 1 fully saturated rings. The average molecular weight is 474 g/mol. The summed E-state index contributed by atoms with van der Waals surface area (Å²) in [6, 6.07) is 2.96. The molecule has 0 radical (unpaired) electrons. The van der Waals surface area contributed by atoms with Crippen LogP contribution < -0.4 is 16.0 Å². The number of halogens is 2. The van der Waals surface area contributed by atoms with Crippen molar-refractivity contribution in [3.05, 3.63) is 70.8 Å². The van der Waals surface area contributed by atoms with E-state index in [1.165, 1.54) is 19.3 Å². The number of amides is 5. The maximum Gasteiger partial charge on any atom is 0.338 e. The summed E-state index contributed by atoms with van der Waals surface area (Å²) < 4.78 is 38.6. The van der Waals surface area contributed by atoms with Gasteiger partial charge in [0.25, 0.3) is 5.91 Å². The predicted molar refractivity (Wildman–Crippen MR) is 111 cm³/mol. The average Bonchev–Trinajstić information content (AvgIpc) is 3.39. The summed E-state index contributed by atoms with van der Waals surface area (Å²) in [6.07, 6.45) is 1.35. The van der Waals surface area contributed by atoms with Gasteiger partial charge in [0.2, 0.25) is 0 Å². The minimum Gasteiger partial charge on any atom is -0.467 e. The molecule has 1 aromatic heterocycles. The predicted octanol–water partition coefficient (Wildman–Crippen LogP) is 2.20. The van der Waals surface area contributed by atoms with E-state index in [2.05, 4.69) is 16.0 Å². The molecule has 4 rings (SSSR count). The number of rotatable bonds is 6. The van der Waals surface area contributed by atoms with Crippen molar-refractivity contribution < 1.29 is 37.1 Å². The lowest BCUT2D eigenvalue weighted by atomic mass is 9.91. The van der Waals surface area contributed by atoms with E-state index in [-0.39, 0.29) is 29.2 Å². The van der Waals surface area contributed by atoms with Crippen LogP contribution in [-0.4, -0.2) is 42.0 Å². The molecular weight excluding hydrogens is 454 g/mol. The van der Waals surface area contributed by atoms with E-state index >= 15 is 0 Å². The van der Waals surface area contributed by atoms with Gasteiger partial charge in [0.1, 0.15) is 29.0 Å². The zero-order valence-electron chi connectivity index (χ0n) is 18.1. The van der Waals surface area contributed by atoms with Crippen LogP contribution in [-0.2, 0) is 19.9 Å². The second-order valence-corrected chi connectivity index (χ2v) is 7.73. The van der Waals surface area contributed by atoms with E-state index in [1.54, 1.807) is 13.0 Å². The van der Waals surface area contributed by atoms with Crippen LogP contribution in [0.4, 0.5) is 18.4 Å². The number of esters is 1. The second-order valence-electron chi connectivity index (χ2n) is 7.73. The number of nitrogens with one attached hydrogen (secondary N) is 3. The van der Waals surface area contributed by atoms with E-state index < -0.39 is 53.7 Å². The molecule has 3 heterocycles. The van der Waals surface area contributed by atoms with Crippen LogP contribution in [0, 0.1) is 11.6 Å². The van der Waals surface area contributed by atoms with Gasteiger partial charge < -0.3 is 25.1 Å². The van der Waals surface area contributed by atoms with Crippen LogP contribution in [0.1, 0.15) is 31.2 Å². The summed E-state index contributed by atoms with van der Waals surface area (Å²) in [5.41, 5.74) is -2.44. The minimum atomic E-state index is -1.91. The molecule has 3 N–H and O–H groups in total. The molecule has 2 atom stereocenters. The Hall–Kier alpha value is -4.22. The topological polar surface area (TPSA) is 130 Å². The molecule has 1 aromatic carbocycles. The lowest BCUT2D eigenvalue weighted by Gasteiger charge is -2.29. The van der Waals surface area contributed by atoms with Gasteiger partial charge in [-0.3, -0.25) is 9.69 Å². The zero-order chi connectivity index (χ0) is 24.6. The number of carbonyl (C=O) groups is 4. The molecule has 34 heavy (non-hydrogen) atoms. The molecule has 0 spiro atoms. The number of furan rings is 1. The first-order chi connectivity index (χ1) is 16.2. The molecule has 12 heteroatoms. The Morgan fingerprint density at radius 3 is 2.68 bits per heavy atom. The van der Waals surface area contributed by atoms with Gasteiger partial charge >= 0.3 is 18.0 Å². The second kappa shape index (κ2) is 8.61. The number of nitrogens with zero attached hydrogens (tertiary/aromatic N) is 1. The minimum absolute atomic E-state index is 0.0223. The molecule has 10 nitrogen and oxygen atoms in total. The van der Waals surface area contributed by atoms with E-state index in [4.69, 9.17) is 9.15 Å². The third kappa shape index (κ3) is 3.87. The summed E-state index contributed by atoms with van der Waals surface area (Å²) >= 11 is 0. The number of carbonyl (C=O) groups excluding carboxylic acids is 4. The highest BCUT2D eigenvalue weighted by molar-refractivity contribution is 6.07. The molecule has 1 saturated heterocycles. The van der Waals surface area contributed by atoms with E-state index in [1.807, 2.05) is 0 Å². The number of urea groups is 2. The fourth-order valence-electron chi connectivity index (χ4n) is 3.92.